The summed E-state index contributed by atoms with van der Waals surface area (Å²) >= 11 is 3.42. The molecular weight excluding hydrogens is 336 g/mol. The number of benzene rings is 1. The van der Waals surface area contributed by atoms with Crippen LogP contribution in [-0.4, -0.2) is 31.3 Å². The standard InChI is InChI=1S/C14H17BrN4O2/c1-14(2,3)11(8-12(20)21)19-13(16-17-18-19)9-5-4-6-10(15)7-9/h4-7,11H,8H2,1-3H3,(H,20,21). The lowest BCUT2D eigenvalue weighted by Gasteiger charge is -2.29. The van der Waals surface area contributed by atoms with Crippen molar-refractivity contribution in [1.82, 2.24) is 20.2 Å². The summed E-state index contributed by atoms with van der Waals surface area (Å²) in [6, 6.07) is 7.27. The number of halogens is 1. The highest BCUT2D eigenvalue weighted by Gasteiger charge is 2.32. The summed E-state index contributed by atoms with van der Waals surface area (Å²) in [5.41, 5.74) is 0.558. The molecule has 1 aromatic heterocycles. The molecule has 6 nitrogen and oxygen atoms in total. The molecule has 2 aromatic rings. The summed E-state index contributed by atoms with van der Waals surface area (Å²) in [7, 11) is 0. The van der Waals surface area contributed by atoms with E-state index in [4.69, 9.17) is 5.11 Å². The Labute approximate surface area is 131 Å². The average molecular weight is 353 g/mol. The van der Waals surface area contributed by atoms with Crippen LogP contribution in [0.1, 0.15) is 33.2 Å². The van der Waals surface area contributed by atoms with Gasteiger partial charge in [0.2, 0.25) is 0 Å². The van der Waals surface area contributed by atoms with Gasteiger partial charge in [0.05, 0.1) is 12.5 Å². The fourth-order valence-corrected chi connectivity index (χ4v) is 2.55. The van der Waals surface area contributed by atoms with Crippen molar-refractivity contribution in [2.24, 2.45) is 5.41 Å². The van der Waals surface area contributed by atoms with E-state index in [9.17, 15) is 4.79 Å². The van der Waals surface area contributed by atoms with Gasteiger partial charge in [0.15, 0.2) is 5.82 Å². The SMILES string of the molecule is CC(C)(C)C(CC(=O)O)n1nnnc1-c1cccc(Br)c1. The second-order valence-corrected chi connectivity index (χ2v) is 6.85. The minimum absolute atomic E-state index is 0.0322. The molecule has 0 aliphatic rings. The van der Waals surface area contributed by atoms with Crippen LogP contribution in [0, 0.1) is 5.41 Å². The van der Waals surface area contributed by atoms with Gasteiger partial charge < -0.3 is 5.11 Å². The van der Waals surface area contributed by atoms with Crippen molar-refractivity contribution in [2.75, 3.05) is 0 Å². The summed E-state index contributed by atoms with van der Waals surface area (Å²) in [5.74, 6) is -0.303. The Morgan fingerprint density at radius 1 is 1.43 bits per heavy atom. The second kappa shape index (κ2) is 5.93. The second-order valence-electron chi connectivity index (χ2n) is 5.94. The van der Waals surface area contributed by atoms with Crippen LogP contribution in [0.15, 0.2) is 28.7 Å². The largest absolute Gasteiger partial charge is 0.481 e. The zero-order chi connectivity index (χ0) is 15.6. The molecule has 1 unspecified atom stereocenters. The lowest BCUT2D eigenvalue weighted by Crippen LogP contribution is -2.28. The molecule has 0 fully saturated rings. The highest BCUT2D eigenvalue weighted by Crippen LogP contribution is 2.35. The topological polar surface area (TPSA) is 80.9 Å². The Hall–Kier alpha value is -1.76. The van der Waals surface area contributed by atoms with Crippen molar-refractivity contribution in [3.8, 4) is 11.4 Å². The molecule has 1 heterocycles. The number of carboxylic acids is 1. The van der Waals surface area contributed by atoms with E-state index < -0.39 is 5.97 Å². The van der Waals surface area contributed by atoms with Crippen LogP contribution in [0.2, 0.25) is 0 Å². The molecule has 0 spiro atoms. The minimum atomic E-state index is -0.870. The van der Waals surface area contributed by atoms with Gasteiger partial charge in [-0.2, -0.15) is 0 Å². The number of carbonyl (C=O) groups is 1. The Morgan fingerprint density at radius 2 is 2.14 bits per heavy atom. The molecule has 0 amide bonds. The maximum Gasteiger partial charge on any atom is 0.305 e. The lowest BCUT2D eigenvalue weighted by atomic mass is 9.84. The summed E-state index contributed by atoms with van der Waals surface area (Å²) in [6.45, 7) is 5.94. The van der Waals surface area contributed by atoms with Crippen molar-refractivity contribution in [3.63, 3.8) is 0 Å². The summed E-state index contributed by atoms with van der Waals surface area (Å²) in [6.07, 6.45) is -0.0322. The maximum absolute atomic E-state index is 11.2. The number of tetrazole rings is 1. The fraction of sp³-hybridized carbons (Fsp3) is 0.429. The molecule has 0 radical (unpaired) electrons. The molecule has 0 aliphatic heterocycles. The third-order valence-corrected chi connectivity index (χ3v) is 3.73. The predicted molar refractivity (Wildman–Crippen MR) is 81.7 cm³/mol. The molecule has 21 heavy (non-hydrogen) atoms. The Bertz CT molecular complexity index is 648. The molecule has 2 rings (SSSR count). The molecule has 0 aliphatic carbocycles. The smallest absolute Gasteiger partial charge is 0.305 e. The Balaban J connectivity index is 2.49. The first-order chi connectivity index (χ1) is 9.79. The van der Waals surface area contributed by atoms with Gasteiger partial charge in [0.25, 0.3) is 0 Å². The van der Waals surface area contributed by atoms with E-state index >= 15 is 0 Å². The van der Waals surface area contributed by atoms with E-state index in [2.05, 4.69) is 31.5 Å². The van der Waals surface area contributed by atoms with Gasteiger partial charge in [-0.1, -0.05) is 48.8 Å². The molecule has 1 N–H and O–H groups in total. The third kappa shape index (κ3) is 3.66. The number of hydrogen-bond donors (Lipinski definition) is 1. The van der Waals surface area contributed by atoms with E-state index in [1.165, 1.54) is 0 Å². The van der Waals surface area contributed by atoms with Gasteiger partial charge in [-0.05, 0) is 28.0 Å². The highest BCUT2D eigenvalue weighted by atomic mass is 79.9. The molecule has 1 atom stereocenters. The molecule has 0 saturated carbocycles. The van der Waals surface area contributed by atoms with Gasteiger partial charge >= 0.3 is 5.97 Å². The molecule has 0 saturated heterocycles. The lowest BCUT2D eigenvalue weighted by molar-refractivity contribution is -0.138. The van der Waals surface area contributed by atoms with E-state index in [0.29, 0.717) is 5.82 Å². The predicted octanol–water partition coefficient (Wildman–Crippen LogP) is 3.16. The van der Waals surface area contributed by atoms with Crippen LogP contribution in [0.4, 0.5) is 0 Å². The number of rotatable bonds is 4. The highest BCUT2D eigenvalue weighted by molar-refractivity contribution is 9.10. The zero-order valence-corrected chi connectivity index (χ0v) is 13.7. The van der Waals surface area contributed by atoms with Crippen molar-refractivity contribution >= 4 is 21.9 Å². The van der Waals surface area contributed by atoms with E-state index in [1.54, 1.807) is 4.68 Å². The van der Waals surface area contributed by atoms with Crippen LogP contribution in [0.5, 0.6) is 0 Å². The minimum Gasteiger partial charge on any atom is -0.481 e. The van der Waals surface area contributed by atoms with Crippen LogP contribution < -0.4 is 0 Å². The molecule has 0 bridgehead atoms. The number of aliphatic carboxylic acids is 1. The number of carboxylic acid groups (broad SMARTS) is 1. The monoisotopic (exact) mass is 352 g/mol. The van der Waals surface area contributed by atoms with E-state index in [0.717, 1.165) is 10.0 Å². The maximum atomic E-state index is 11.2. The average Bonchev–Trinajstić information content (AvgIpc) is 2.83. The normalized spacial score (nSPS) is 13.1. The molecular formula is C14H17BrN4O2. The van der Waals surface area contributed by atoms with Crippen molar-refractivity contribution in [2.45, 2.75) is 33.2 Å². The summed E-state index contributed by atoms with van der Waals surface area (Å²) < 4.78 is 2.52. The fourth-order valence-electron chi connectivity index (χ4n) is 2.15. The molecule has 7 heteroatoms. The zero-order valence-electron chi connectivity index (χ0n) is 12.1. The Morgan fingerprint density at radius 3 is 2.71 bits per heavy atom. The quantitative estimate of drug-likeness (QED) is 0.913. The molecule has 1 aromatic carbocycles. The van der Waals surface area contributed by atoms with Crippen LogP contribution in [0.3, 0.4) is 0 Å². The number of aromatic nitrogens is 4. The molecule has 112 valence electrons. The van der Waals surface area contributed by atoms with Crippen LogP contribution >= 0.6 is 15.9 Å². The first kappa shape index (κ1) is 15.6. The van der Waals surface area contributed by atoms with Crippen LogP contribution in [-0.2, 0) is 4.79 Å². The van der Waals surface area contributed by atoms with Crippen molar-refractivity contribution in [3.05, 3.63) is 28.7 Å². The number of nitrogens with zero attached hydrogens (tertiary/aromatic N) is 4. The van der Waals surface area contributed by atoms with Gasteiger partial charge in [-0.15, -0.1) is 5.10 Å². The van der Waals surface area contributed by atoms with Gasteiger partial charge in [-0.3, -0.25) is 4.79 Å². The van der Waals surface area contributed by atoms with Crippen molar-refractivity contribution in [1.29, 1.82) is 0 Å². The van der Waals surface area contributed by atoms with Crippen LogP contribution in [0.25, 0.3) is 11.4 Å². The first-order valence-corrected chi connectivity index (χ1v) is 7.34. The first-order valence-electron chi connectivity index (χ1n) is 6.54. The van der Waals surface area contributed by atoms with Crippen molar-refractivity contribution < 1.29 is 9.90 Å². The summed E-state index contributed by atoms with van der Waals surface area (Å²) in [5, 5.41) is 21.0. The van der Waals surface area contributed by atoms with Gasteiger partial charge in [0, 0.05) is 10.0 Å². The summed E-state index contributed by atoms with van der Waals surface area (Å²) in [4.78, 5) is 11.2. The van der Waals surface area contributed by atoms with Gasteiger partial charge in [-0.25, -0.2) is 4.68 Å². The van der Waals surface area contributed by atoms with E-state index in [1.807, 2.05) is 45.0 Å². The number of hydrogen-bond acceptors (Lipinski definition) is 4. The van der Waals surface area contributed by atoms with Gasteiger partial charge in [0.1, 0.15) is 0 Å². The van der Waals surface area contributed by atoms with E-state index in [-0.39, 0.29) is 17.9 Å². The third-order valence-electron chi connectivity index (χ3n) is 3.24. The Kier molecular flexibility index (Phi) is 4.41.